The summed E-state index contributed by atoms with van der Waals surface area (Å²) in [6, 6.07) is 6.47. The van der Waals surface area contributed by atoms with Crippen LogP contribution in [0.3, 0.4) is 0 Å². The summed E-state index contributed by atoms with van der Waals surface area (Å²) in [5.41, 5.74) is 2.39. The molecule has 2 aromatic rings. The summed E-state index contributed by atoms with van der Waals surface area (Å²) in [6.45, 7) is 6.78. The number of nitrogens with one attached hydrogen (secondary N) is 1. The van der Waals surface area contributed by atoms with Gasteiger partial charge in [0.15, 0.2) is 5.13 Å². The highest BCUT2D eigenvalue weighted by Gasteiger charge is 2.09. The van der Waals surface area contributed by atoms with Crippen LogP contribution in [0.4, 0.5) is 5.13 Å². The van der Waals surface area contributed by atoms with Crippen LogP contribution in [0.5, 0.6) is 0 Å². The van der Waals surface area contributed by atoms with E-state index in [1.807, 2.05) is 0 Å². The second-order valence-electron chi connectivity index (χ2n) is 5.32. The summed E-state index contributed by atoms with van der Waals surface area (Å²) in [5, 5.41) is 4.52. The molecule has 2 heterocycles. The number of aryl methyl sites for hydroxylation is 1. The first kappa shape index (κ1) is 12.9. The zero-order valence-electron chi connectivity index (χ0n) is 11.5. The predicted molar refractivity (Wildman–Crippen MR) is 83.1 cm³/mol. The molecule has 1 saturated heterocycles. The molecule has 1 aliphatic rings. The first-order chi connectivity index (χ1) is 9.31. The third-order valence-electron chi connectivity index (χ3n) is 3.70. The van der Waals surface area contributed by atoms with Gasteiger partial charge >= 0.3 is 0 Å². The topological polar surface area (TPSA) is 28.2 Å². The van der Waals surface area contributed by atoms with E-state index < -0.39 is 0 Å². The molecule has 0 bridgehead atoms. The van der Waals surface area contributed by atoms with Gasteiger partial charge in [0, 0.05) is 13.1 Å². The Morgan fingerprint density at radius 2 is 2.11 bits per heavy atom. The maximum Gasteiger partial charge on any atom is 0.183 e. The minimum absolute atomic E-state index is 0.999. The van der Waals surface area contributed by atoms with Gasteiger partial charge in [-0.2, -0.15) is 0 Å². The molecule has 0 aliphatic carbocycles. The third-order valence-corrected chi connectivity index (χ3v) is 4.69. The minimum atomic E-state index is 0.999. The molecular weight excluding hydrogens is 254 g/mol. The number of aromatic nitrogens is 1. The third kappa shape index (κ3) is 3.25. The highest BCUT2D eigenvalue weighted by atomic mass is 32.1. The number of likely N-dealkylation sites (tertiary alicyclic amines) is 1. The number of thiazole rings is 1. The van der Waals surface area contributed by atoms with E-state index in [1.54, 1.807) is 11.3 Å². The van der Waals surface area contributed by atoms with Crippen molar-refractivity contribution in [3.05, 3.63) is 23.8 Å². The van der Waals surface area contributed by atoms with Crippen LogP contribution in [0, 0.1) is 6.92 Å². The van der Waals surface area contributed by atoms with Gasteiger partial charge in [0.05, 0.1) is 10.2 Å². The van der Waals surface area contributed by atoms with Crippen molar-refractivity contribution in [1.82, 2.24) is 9.88 Å². The van der Waals surface area contributed by atoms with E-state index in [-0.39, 0.29) is 0 Å². The van der Waals surface area contributed by atoms with Crippen molar-refractivity contribution in [2.24, 2.45) is 0 Å². The number of anilines is 1. The molecule has 4 heteroatoms. The van der Waals surface area contributed by atoms with Crippen molar-refractivity contribution in [1.29, 1.82) is 0 Å². The zero-order chi connectivity index (χ0) is 13.1. The Hall–Kier alpha value is -1.13. The van der Waals surface area contributed by atoms with Crippen molar-refractivity contribution in [3.8, 4) is 0 Å². The molecule has 1 fully saturated rings. The van der Waals surface area contributed by atoms with Crippen LogP contribution in [0.15, 0.2) is 18.2 Å². The van der Waals surface area contributed by atoms with Crippen LogP contribution in [-0.4, -0.2) is 36.1 Å². The summed E-state index contributed by atoms with van der Waals surface area (Å²) in [6.07, 6.45) is 4.13. The van der Waals surface area contributed by atoms with Crippen LogP contribution in [0.1, 0.15) is 24.8 Å². The van der Waals surface area contributed by atoms with Crippen molar-refractivity contribution in [3.63, 3.8) is 0 Å². The highest BCUT2D eigenvalue weighted by molar-refractivity contribution is 7.22. The van der Waals surface area contributed by atoms with Crippen molar-refractivity contribution in [2.75, 3.05) is 31.5 Å². The normalized spacial score (nSPS) is 16.9. The summed E-state index contributed by atoms with van der Waals surface area (Å²) in [5.74, 6) is 0. The van der Waals surface area contributed by atoms with Gasteiger partial charge < -0.3 is 10.2 Å². The fourth-order valence-corrected chi connectivity index (χ4v) is 3.49. The second-order valence-corrected chi connectivity index (χ2v) is 6.35. The molecule has 0 unspecified atom stereocenters. The number of piperidine rings is 1. The number of benzene rings is 1. The quantitative estimate of drug-likeness (QED) is 0.925. The Balaban J connectivity index is 1.56. The van der Waals surface area contributed by atoms with E-state index in [2.05, 4.69) is 40.3 Å². The lowest BCUT2D eigenvalue weighted by atomic mass is 10.1. The molecule has 1 N–H and O–H groups in total. The molecular formula is C15H21N3S. The van der Waals surface area contributed by atoms with Crippen LogP contribution in [-0.2, 0) is 0 Å². The van der Waals surface area contributed by atoms with Gasteiger partial charge in [-0.25, -0.2) is 4.98 Å². The monoisotopic (exact) mass is 275 g/mol. The lowest BCUT2D eigenvalue weighted by molar-refractivity contribution is 0.237. The molecule has 3 rings (SSSR count). The van der Waals surface area contributed by atoms with E-state index in [9.17, 15) is 0 Å². The fraction of sp³-hybridized carbons (Fsp3) is 0.533. The standard InChI is InChI=1S/C15H21N3S/c1-12-5-6-14-13(11-12)17-15(19-14)16-7-10-18-8-3-2-4-9-18/h5-6,11H,2-4,7-10H2,1H3,(H,16,17). The summed E-state index contributed by atoms with van der Waals surface area (Å²) in [4.78, 5) is 7.19. The molecule has 19 heavy (non-hydrogen) atoms. The van der Waals surface area contributed by atoms with Crippen LogP contribution in [0.2, 0.25) is 0 Å². The molecule has 1 aromatic heterocycles. The molecule has 3 nitrogen and oxygen atoms in total. The Kier molecular flexibility index (Phi) is 3.99. The number of hydrogen-bond donors (Lipinski definition) is 1. The van der Waals surface area contributed by atoms with Crippen LogP contribution in [0.25, 0.3) is 10.2 Å². The average Bonchev–Trinajstić information content (AvgIpc) is 2.82. The molecule has 1 aliphatic heterocycles. The second kappa shape index (κ2) is 5.88. The smallest absolute Gasteiger partial charge is 0.183 e. The van der Waals surface area contributed by atoms with E-state index in [0.717, 1.165) is 23.7 Å². The predicted octanol–water partition coefficient (Wildman–Crippen LogP) is 3.50. The van der Waals surface area contributed by atoms with Gasteiger partial charge in [-0.05, 0) is 50.6 Å². The molecule has 0 atom stereocenters. The molecule has 0 amide bonds. The Morgan fingerprint density at radius 1 is 1.26 bits per heavy atom. The minimum Gasteiger partial charge on any atom is -0.360 e. The number of hydrogen-bond acceptors (Lipinski definition) is 4. The van der Waals surface area contributed by atoms with Gasteiger partial charge in [0.2, 0.25) is 0 Å². The Bertz CT molecular complexity index is 543. The van der Waals surface area contributed by atoms with E-state index in [0.29, 0.717) is 0 Å². The van der Waals surface area contributed by atoms with Crippen molar-refractivity contribution in [2.45, 2.75) is 26.2 Å². The molecule has 102 valence electrons. The van der Waals surface area contributed by atoms with Crippen LogP contribution >= 0.6 is 11.3 Å². The Labute approximate surface area is 118 Å². The summed E-state index contributed by atoms with van der Waals surface area (Å²) in [7, 11) is 0. The number of rotatable bonds is 4. The first-order valence-electron chi connectivity index (χ1n) is 7.15. The largest absolute Gasteiger partial charge is 0.360 e. The average molecular weight is 275 g/mol. The fourth-order valence-electron chi connectivity index (χ4n) is 2.62. The van der Waals surface area contributed by atoms with Gasteiger partial charge in [-0.1, -0.05) is 23.8 Å². The van der Waals surface area contributed by atoms with Crippen LogP contribution < -0.4 is 5.32 Å². The number of nitrogens with zero attached hydrogens (tertiary/aromatic N) is 2. The van der Waals surface area contributed by atoms with Crippen molar-refractivity contribution >= 4 is 26.7 Å². The zero-order valence-corrected chi connectivity index (χ0v) is 12.3. The van der Waals surface area contributed by atoms with E-state index >= 15 is 0 Å². The van der Waals surface area contributed by atoms with Gasteiger partial charge in [0.25, 0.3) is 0 Å². The lowest BCUT2D eigenvalue weighted by Crippen LogP contribution is -2.33. The SMILES string of the molecule is Cc1ccc2sc(NCCN3CCCCC3)nc2c1. The van der Waals surface area contributed by atoms with Crippen molar-refractivity contribution < 1.29 is 0 Å². The van der Waals surface area contributed by atoms with E-state index in [1.165, 1.54) is 42.6 Å². The Morgan fingerprint density at radius 3 is 2.95 bits per heavy atom. The van der Waals surface area contributed by atoms with Gasteiger partial charge in [0.1, 0.15) is 0 Å². The van der Waals surface area contributed by atoms with E-state index in [4.69, 9.17) is 0 Å². The highest BCUT2D eigenvalue weighted by Crippen LogP contribution is 2.26. The summed E-state index contributed by atoms with van der Waals surface area (Å²) >= 11 is 1.75. The lowest BCUT2D eigenvalue weighted by Gasteiger charge is -2.26. The first-order valence-corrected chi connectivity index (χ1v) is 7.96. The molecule has 1 aromatic carbocycles. The van der Waals surface area contributed by atoms with Gasteiger partial charge in [-0.15, -0.1) is 0 Å². The number of fused-ring (bicyclic) bond motifs is 1. The molecule has 0 radical (unpaired) electrons. The molecule has 0 spiro atoms. The maximum atomic E-state index is 4.65. The summed E-state index contributed by atoms with van der Waals surface area (Å²) < 4.78 is 1.27. The maximum absolute atomic E-state index is 4.65. The van der Waals surface area contributed by atoms with Gasteiger partial charge in [-0.3, -0.25) is 0 Å². The molecule has 0 saturated carbocycles.